The molecule has 0 spiro atoms. The van der Waals surface area contributed by atoms with Crippen molar-refractivity contribution in [1.29, 1.82) is 0 Å². The van der Waals surface area contributed by atoms with E-state index in [0.717, 1.165) is 5.69 Å². The summed E-state index contributed by atoms with van der Waals surface area (Å²) in [5, 5.41) is 0. The van der Waals surface area contributed by atoms with E-state index in [1.807, 2.05) is 18.2 Å². The van der Waals surface area contributed by atoms with Gasteiger partial charge in [-0.25, -0.2) is 4.99 Å². The third-order valence-electron chi connectivity index (χ3n) is 2.97. The highest BCUT2D eigenvalue weighted by Crippen LogP contribution is 2.38. The van der Waals surface area contributed by atoms with E-state index in [9.17, 15) is 0 Å². The Hall–Kier alpha value is -1.38. The van der Waals surface area contributed by atoms with Crippen LogP contribution in [0.25, 0.3) is 0 Å². The molecule has 0 radical (unpaired) electrons. The summed E-state index contributed by atoms with van der Waals surface area (Å²) in [6.45, 7) is 10.7. The lowest BCUT2D eigenvalue weighted by molar-refractivity contribution is 0.0558. The fourth-order valence-corrected chi connectivity index (χ4v) is 2.45. The molecule has 0 saturated heterocycles. The number of hydrogen-bond donors (Lipinski definition) is 0. The van der Waals surface area contributed by atoms with Crippen molar-refractivity contribution in [3.63, 3.8) is 0 Å². The van der Waals surface area contributed by atoms with Crippen LogP contribution in [0.1, 0.15) is 40.3 Å². The van der Waals surface area contributed by atoms with E-state index >= 15 is 0 Å². The normalized spacial score (nSPS) is 23.1. The summed E-state index contributed by atoms with van der Waals surface area (Å²) in [5.41, 5.74) is 0.623. The summed E-state index contributed by atoms with van der Waals surface area (Å²) in [4.78, 5) is 9.00. The summed E-state index contributed by atoms with van der Waals surface area (Å²) < 4.78 is 5.96. The molecule has 0 fully saturated rings. The molecule has 2 rings (SSSR count). The molecule has 3 nitrogen and oxygen atoms in total. The maximum atomic E-state index is 5.96. The van der Waals surface area contributed by atoms with Gasteiger partial charge in [-0.2, -0.15) is 0 Å². The van der Waals surface area contributed by atoms with Crippen molar-refractivity contribution in [1.82, 2.24) is 4.98 Å². The zero-order valence-corrected chi connectivity index (χ0v) is 11.2. The molecule has 0 amide bonds. The summed E-state index contributed by atoms with van der Waals surface area (Å²) in [6.07, 6.45) is 1.76. The number of pyridine rings is 1. The first kappa shape index (κ1) is 12.1. The Morgan fingerprint density at radius 3 is 2.41 bits per heavy atom. The Morgan fingerprint density at radius 1 is 1.24 bits per heavy atom. The predicted molar refractivity (Wildman–Crippen MR) is 69.2 cm³/mol. The minimum atomic E-state index is -0.273. The van der Waals surface area contributed by atoms with Crippen molar-refractivity contribution in [3.8, 4) is 0 Å². The third kappa shape index (κ3) is 2.33. The molecule has 0 bridgehead atoms. The van der Waals surface area contributed by atoms with E-state index in [1.165, 1.54) is 0 Å². The van der Waals surface area contributed by atoms with Gasteiger partial charge in [0.05, 0.1) is 6.04 Å². The molecule has 0 saturated carbocycles. The van der Waals surface area contributed by atoms with Crippen molar-refractivity contribution in [2.75, 3.05) is 0 Å². The van der Waals surface area contributed by atoms with Crippen LogP contribution in [-0.4, -0.2) is 22.5 Å². The minimum Gasteiger partial charge on any atom is -0.468 e. The van der Waals surface area contributed by atoms with E-state index < -0.39 is 0 Å². The molecule has 3 heteroatoms. The van der Waals surface area contributed by atoms with Crippen molar-refractivity contribution < 1.29 is 4.74 Å². The number of aromatic nitrogens is 1. The van der Waals surface area contributed by atoms with Gasteiger partial charge in [-0.05, 0) is 31.4 Å². The summed E-state index contributed by atoms with van der Waals surface area (Å²) in [6, 6.07) is 5.92. The fraction of sp³-hybridized carbons (Fsp3) is 0.571. The van der Waals surface area contributed by atoms with Gasteiger partial charge in [-0.1, -0.05) is 26.8 Å². The van der Waals surface area contributed by atoms with Crippen molar-refractivity contribution in [2.24, 2.45) is 10.4 Å². The molecular weight excluding hydrogens is 212 g/mol. The Balaban J connectivity index is 2.35. The standard InChI is InChI=1S/C14H20N2O/c1-13(2,3)12-14(4,5)17-11(16-12)10-8-6-7-9-15-10/h6-9,12H,1-5H3/t12-/m0/s1. The Morgan fingerprint density at radius 2 is 1.94 bits per heavy atom. The highest BCUT2D eigenvalue weighted by Gasteiger charge is 2.45. The highest BCUT2D eigenvalue weighted by atomic mass is 16.5. The van der Waals surface area contributed by atoms with Gasteiger partial charge in [0.25, 0.3) is 0 Å². The van der Waals surface area contributed by atoms with E-state index in [-0.39, 0.29) is 17.1 Å². The van der Waals surface area contributed by atoms with Gasteiger partial charge < -0.3 is 4.74 Å². The lowest BCUT2D eigenvalue weighted by Crippen LogP contribution is -2.42. The zero-order valence-electron chi connectivity index (χ0n) is 11.2. The van der Waals surface area contributed by atoms with Gasteiger partial charge in [0.1, 0.15) is 11.3 Å². The number of hydrogen-bond acceptors (Lipinski definition) is 3. The van der Waals surface area contributed by atoms with Gasteiger partial charge in [-0.15, -0.1) is 0 Å². The first-order valence-electron chi connectivity index (χ1n) is 5.99. The Labute approximate surface area is 103 Å². The Bertz CT molecular complexity index is 429. The minimum absolute atomic E-state index is 0.0834. The van der Waals surface area contributed by atoms with E-state index in [0.29, 0.717) is 5.90 Å². The summed E-state index contributed by atoms with van der Waals surface area (Å²) in [5.74, 6) is 0.663. The number of rotatable bonds is 1. The molecule has 1 aromatic heterocycles. The zero-order chi connectivity index (χ0) is 12.7. The van der Waals surface area contributed by atoms with E-state index in [4.69, 9.17) is 9.73 Å². The van der Waals surface area contributed by atoms with Crippen LogP contribution < -0.4 is 0 Å². The molecule has 0 aliphatic carbocycles. The van der Waals surface area contributed by atoms with Crippen LogP contribution in [0.4, 0.5) is 0 Å². The van der Waals surface area contributed by atoms with Crippen LogP contribution >= 0.6 is 0 Å². The number of aliphatic imine (C=N–C) groups is 1. The molecule has 17 heavy (non-hydrogen) atoms. The van der Waals surface area contributed by atoms with Crippen LogP contribution in [-0.2, 0) is 4.74 Å². The van der Waals surface area contributed by atoms with Gasteiger partial charge in [0, 0.05) is 6.20 Å². The molecule has 1 aliphatic rings. The monoisotopic (exact) mass is 232 g/mol. The summed E-state index contributed by atoms with van der Waals surface area (Å²) >= 11 is 0. The Kier molecular flexibility index (Phi) is 2.72. The van der Waals surface area contributed by atoms with Crippen LogP contribution in [0.2, 0.25) is 0 Å². The molecule has 1 aromatic rings. The topological polar surface area (TPSA) is 34.5 Å². The average molecular weight is 232 g/mol. The molecule has 92 valence electrons. The van der Waals surface area contributed by atoms with E-state index in [2.05, 4.69) is 39.6 Å². The third-order valence-corrected chi connectivity index (χ3v) is 2.97. The van der Waals surface area contributed by atoms with Gasteiger partial charge in [-0.3, -0.25) is 4.98 Å². The van der Waals surface area contributed by atoms with Crippen molar-refractivity contribution in [3.05, 3.63) is 30.1 Å². The molecule has 0 aromatic carbocycles. The largest absolute Gasteiger partial charge is 0.468 e. The summed E-state index contributed by atoms with van der Waals surface area (Å²) in [7, 11) is 0. The number of ether oxygens (including phenoxy) is 1. The first-order chi connectivity index (χ1) is 7.81. The van der Waals surface area contributed by atoms with Crippen LogP contribution in [0, 0.1) is 5.41 Å². The molecule has 1 atom stereocenters. The van der Waals surface area contributed by atoms with E-state index in [1.54, 1.807) is 6.20 Å². The van der Waals surface area contributed by atoms with Crippen LogP contribution in [0.5, 0.6) is 0 Å². The predicted octanol–water partition coefficient (Wildman–Crippen LogP) is 3.05. The average Bonchev–Trinajstić information content (AvgIpc) is 2.55. The highest BCUT2D eigenvalue weighted by molar-refractivity contribution is 5.93. The van der Waals surface area contributed by atoms with Crippen molar-refractivity contribution in [2.45, 2.75) is 46.3 Å². The number of nitrogens with zero attached hydrogens (tertiary/aromatic N) is 2. The lowest BCUT2D eigenvalue weighted by atomic mass is 9.78. The second-order valence-corrected chi connectivity index (χ2v) is 6.12. The second kappa shape index (κ2) is 3.83. The molecule has 0 N–H and O–H groups in total. The molecule has 0 unspecified atom stereocenters. The molecular formula is C14H20N2O. The smallest absolute Gasteiger partial charge is 0.236 e. The second-order valence-electron chi connectivity index (χ2n) is 6.12. The van der Waals surface area contributed by atoms with Gasteiger partial charge in [0.2, 0.25) is 5.90 Å². The van der Waals surface area contributed by atoms with Crippen molar-refractivity contribution >= 4 is 5.90 Å². The maximum Gasteiger partial charge on any atom is 0.236 e. The quantitative estimate of drug-likeness (QED) is 0.745. The van der Waals surface area contributed by atoms with Crippen LogP contribution in [0.15, 0.2) is 29.4 Å². The van der Waals surface area contributed by atoms with Crippen LogP contribution in [0.3, 0.4) is 0 Å². The van der Waals surface area contributed by atoms with Gasteiger partial charge >= 0.3 is 0 Å². The SMILES string of the molecule is CC(C)(C)[C@@H]1N=C(c2ccccn2)OC1(C)C. The lowest BCUT2D eigenvalue weighted by Gasteiger charge is -2.34. The fourth-order valence-electron chi connectivity index (χ4n) is 2.45. The van der Waals surface area contributed by atoms with Gasteiger partial charge in [0.15, 0.2) is 0 Å². The first-order valence-corrected chi connectivity index (χ1v) is 5.99. The molecule has 1 aliphatic heterocycles. The maximum absolute atomic E-state index is 5.96. The molecule has 2 heterocycles.